The molecule has 0 unspecified atom stereocenters. The molecule has 224 valence electrons. The zero-order valence-corrected chi connectivity index (χ0v) is 24.0. The number of nitrogens with zero attached hydrogens (tertiary/aromatic N) is 3. The van der Waals surface area contributed by atoms with Crippen LogP contribution in [0.25, 0.3) is 11.3 Å². The second-order valence-electron chi connectivity index (χ2n) is 10.9. The first-order valence-electron chi connectivity index (χ1n) is 13.5. The first-order chi connectivity index (χ1) is 19.8. The van der Waals surface area contributed by atoms with Crippen molar-refractivity contribution in [2.45, 2.75) is 44.9 Å². The van der Waals surface area contributed by atoms with Gasteiger partial charge in [0.1, 0.15) is 5.82 Å². The van der Waals surface area contributed by atoms with Gasteiger partial charge in [-0.3, -0.25) is 19.3 Å². The Morgan fingerprint density at radius 1 is 1.12 bits per heavy atom. The zero-order chi connectivity index (χ0) is 30.3. The first-order valence-corrected chi connectivity index (χ1v) is 14.4. The van der Waals surface area contributed by atoms with Crippen LogP contribution in [0.5, 0.6) is 0 Å². The lowest BCUT2D eigenvalue weighted by atomic mass is 10.0. The van der Waals surface area contributed by atoms with E-state index in [-0.39, 0.29) is 45.6 Å². The lowest BCUT2D eigenvalue weighted by molar-refractivity contribution is -0.138. The van der Waals surface area contributed by atoms with E-state index in [1.165, 1.54) is 17.5 Å². The number of hydrogen-bond donors (Lipinski definition) is 3. The topological polar surface area (TPSA) is 110 Å². The molecule has 1 aliphatic carbocycles. The number of aromatic nitrogens is 2. The molecule has 0 radical (unpaired) electrons. The fraction of sp³-hybridized carbons (Fsp3) is 0.429. The first kappa shape index (κ1) is 29.7. The van der Waals surface area contributed by atoms with Crippen LogP contribution in [0.1, 0.15) is 52.4 Å². The molecule has 14 heteroatoms. The van der Waals surface area contributed by atoms with Gasteiger partial charge in [0.25, 0.3) is 11.8 Å². The molecule has 3 N–H and O–H groups in total. The van der Waals surface area contributed by atoms with Crippen molar-refractivity contribution in [1.82, 2.24) is 20.2 Å². The molecule has 5 rings (SSSR count). The number of carbonyl (C=O) groups excluding carboxylic acids is 2. The van der Waals surface area contributed by atoms with Crippen LogP contribution >= 0.6 is 11.3 Å². The fourth-order valence-electron chi connectivity index (χ4n) is 4.94. The summed E-state index contributed by atoms with van der Waals surface area (Å²) in [4.78, 5) is 47.8. The quantitative estimate of drug-likeness (QED) is 0.340. The number of pyridine rings is 1. The summed E-state index contributed by atoms with van der Waals surface area (Å²) in [7, 11) is 1.97. The minimum absolute atomic E-state index is 0.0284. The van der Waals surface area contributed by atoms with Crippen LogP contribution in [0.2, 0.25) is 0 Å². The van der Waals surface area contributed by atoms with E-state index in [4.69, 9.17) is 0 Å². The number of benzene rings is 1. The number of alkyl halides is 3. The van der Waals surface area contributed by atoms with Crippen molar-refractivity contribution in [3.05, 3.63) is 62.1 Å². The molecule has 1 saturated carbocycles. The highest BCUT2D eigenvalue weighted by Crippen LogP contribution is 2.37. The molecular formula is C28H30F4N6O3S. The molecule has 2 atom stereocenters. The van der Waals surface area contributed by atoms with Gasteiger partial charge in [-0.1, -0.05) is 0 Å². The van der Waals surface area contributed by atoms with Crippen molar-refractivity contribution in [3.63, 3.8) is 0 Å². The SMILES string of the molecule is C[C@@H]1CN(c2cc(F)c(-c3csc(C(=O)NCC4CC4)n3)cc2NC(=O)c2c[nH]c(=O)cc2C(F)(F)F)C[C@H](C)N1C. The summed E-state index contributed by atoms with van der Waals surface area (Å²) in [6.45, 7) is 5.47. The van der Waals surface area contributed by atoms with Gasteiger partial charge in [0.2, 0.25) is 5.56 Å². The van der Waals surface area contributed by atoms with Crippen LogP contribution in [-0.4, -0.2) is 65.4 Å². The normalized spacial score (nSPS) is 19.5. The van der Waals surface area contributed by atoms with Crippen LogP contribution in [0, 0.1) is 11.7 Å². The van der Waals surface area contributed by atoms with Crippen molar-refractivity contribution in [2.75, 3.05) is 36.9 Å². The molecule has 2 amide bonds. The molecule has 3 heterocycles. The van der Waals surface area contributed by atoms with Gasteiger partial charge in [0, 0.05) is 61.0 Å². The number of anilines is 2. The highest BCUT2D eigenvalue weighted by Gasteiger charge is 2.36. The Labute approximate surface area is 242 Å². The van der Waals surface area contributed by atoms with Crippen LogP contribution in [-0.2, 0) is 6.18 Å². The monoisotopic (exact) mass is 606 g/mol. The van der Waals surface area contributed by atoms with E-state index in [0.717, 1.165) is 24.2 Å². The Hall–Kier alpha value is -3.78. The van der Waals surface area contributed by atoms with E-state index in [1.807, 2.05) is 25.8 Å². The molecule has 2 fully saturated rings. The summed E-state index contributed by atoms with van der Waals surface area (Å²) in [6, 6.07) is 2.98. The maximum absolute atomic E-state index is 15.7. The van der Waals surface area contributed by atoms with E-state index < -0.39 is 34.6 Å². The smallest absolute Gasteiger partial charge is 0.367 e. The maximum atomic E-state index is 15.7. The Morgan fingerprint density at radius 2 is 1.81 bits per heavy atom. The van der Waals surface area contributed by atoms with E-state index >= 15 is 4.39 Å². The number of thiazole rings is 1. The third kappa shape index (κ3) is 6.33. The number of halogens is 4. The molecule has 2 aromatic heterocycles. The van der Waals surface area contributed by atoms with Gasteiger partial charge in [-0.25, -0.2) is 9.37 Å². The highest BCUT2D eigenvalue weighted by atomic mass is 32.1. The van der Waals surface area contributed by atoms with Crippen molar-refractivity contribution in [3.8, 4) is 11.3 Å². The van der Waals surface area contributed by atoms with Gasteiger partial charge in [-0.2, -0.15) is 13.2 Å². The molecule has 0 spiro atoms. The summed E-state index contributed by atoms with van der Waals surface area (Å²) in [5, 5.41) is 6.99. The van der Waals surface area contributed by atoms with Crippen molar-refractivity contribution < 1.29 is 27.2 Å². The summed E-state index contributed by atoms with van der Waals surface area (Å²) in [5.74, 6) is -1.71. The van der Waals surface area contributed by atoms with Crippen LogP contribution in [0.15, 0.2) is 34.6 Å². The second kappa shape index (κ2) is 11.5. The number of likely N-dealkylation sites (N-methyl/N-ethyl adjacent to an activating group) is 1. The molecular weight excluding hydrogens is 576 g/mol. The number of aromatic amines is 1. The van der Waals surface area contributed by atoms with Gasteiger partial charge >= 0.3 is 6.18 Å². The molecule has 2 aliphatic rings. The van der Waals surface area contributed by atoms with Gasteiger partial charge in [-0.15, -0.1) is 11.3 Å². The summed E-state index contributed by atoms with van der Waals surface area (Å²) >= 11 is 1.04. The van der Waals surface area contributed by atoms with Gasteiger partial charge in [0.15, 0.2) is 5.01 Å². The summed E-state index contributed by atoms with van der Waals surface area (Å²) < 4.78 is 56.7. The largest absolute Gasteiger partial charge is 0.417 e. The predicted molar refractivity (Wildman–Crippen MR) is 151 cm³/mol. The van der Waals surface area contributed by atoms with Crippen LogP contribution < -0.4 is 21.1 Å². The van der Waals surface area contributed by atoms with Gasteiger partial charge < -0.3 is 20.5 Å². The Kier molecular flexibility index (Phi) is 8.12. The van der Waals surface area contributed by atoms with Gasteiger partial charge in [0.05, 0.1) is 28.2 Å². The Morgan fingerprint density at radius 3 is 2.45 bits per heavy atom. The lowest BCUT2D eigenvalue weighted by Crippen LogP contribution is -2.55. The number of rotatable bonds is 7. The van der Waals surface area contributed by atoms with E-state index in [1.54, 1.807) is 0 Å². The van der Waals surface area contributed by atoms with Crippen molar-refractivity contribution in [2.24, 2.45) is 5.92 Å². The Bertz CT molecular complexity index is 1560. The minimum Gasteiger partial charge on any atom is -0.367 e. The lowest BCUT2D eigenvalue weighted by Gasteiger charge is -2.44. The summed E-state index contributed by atoms with van der Waals surface area (Å²) in [5.41, 5.74) is -2.72. The zero-order valence-electron chi connectivity index (χ0n) is 23.1. The number of hydrogen-bond acceptors (Lipinski definition) is 7. The minimum atomic E-state index is -4.96. The fourth-order valence-corrected chi connectivity index (χ4v) is 5.68. The average Bonchev–Trinajstić information content (AvgIpc) is 3.63. The molecule has 42 heavy (non-hydrogen) atoms. The van der Waals surface area contributed by atoms with Crippen LogP contribution in [0.4, 0.5) is 28.9 Å². The standard InChI is InChI=1S/C28H30F4N6O3S/c1-14-11-38(12-15(2)37(14)3)23-8-20(29)17(22-13-42-27(36-22)26(41)34-9-16-4-5-16)6-21(23)35-25(40)18-10-33-24(39)7-19(18)28(30,31)32/h6-8,10,13-16H,4-5,9,11-12H2,1-3H3,(H,33,39)(H,34,41)(H,35,40)/t14-,15+. The maximum Gasteiger partial charge on any atom is 0.417 e. The third-order valence-electron chi connectivity index (χ3n) is 7.73. The number of amides is 2. The molecule has 3 aromatic rings. The van der Waals surface area contributed by atoms with Crippen molar-refractivity contribution >= 4 is 34.5 Å². The third-order valence-corrected chi connectivity index (χ3v) is 8.57. The number of piperazine rings is 1. The Balaban J connectivity index is 1.53. The van der Waals surface area contributed by atoms with Crippen LogP contribution in [0.3, 0.4) is 0 Å². The molecule has 1 saturated heterocycles. The second-order valence-corrected chi connectivity index (χ2v) is 11.7. The van der Waals surface area contributed by atoms with Gasteiger partial charge in [-0.05, 0) is 45.7 Å². The molecule has 1 aliphatic heterocycles. The van der Waals surface area contributed by atoms with E-state index in [0.29, 0.717) is 37.8 Å². The number of carbonyl (C=O) groups is 2. The van der Waals surface area contributed by atoms with Crippen molar-refractivity contribution in [1.29, 1.82) is 0 Å². The highest BCUT2D eigenvalue weighted by molar-refractivity contribution is 7.12. The predicted octanol–water partition coefficient (Wildman–Crippen LogP) is 4.58. The number of nitrogens with one attached hydrogen (secondary N) is 3. The average molecular weight is 607 g/mol. The molecule has 1 aromatic carbocycles. The summed E-state index contributed by atoms with van der Waals surface area (Å²) in [6.07, 6.45) is -2.14. The molecule has 9 nitrogen and oxygen atoms in total. The number of H-pyrrole nitrogens is 1. The molecule has 0 bridgehead atoms. The van der Waals surface area contributed by atoms with E-state index in [9.17, 15) is 27.6 Å². The van der Waals surface area contributed by atoms with E-state index in [2.05, 4.69) is 25.5 Å².